The van der Waals surface area contributed by atoms with Crippen LogP contribution >= 0.6 is 0 Å². The molecule has 0 fully saturated rings. The van der Waals surface area contributed by atoms with Gasteiger partial charge in [-0.25, -0.2) is 0 Å². The highest BCUT2D eigenvalue weighted by Gasteiger charge is 2.24. The molecule has 3 atom stereocenters. The highest BCUT2D eigenvalue weighted by Crippen LogP contribution is 2.03. The Morgan fingerprint density at radius 1 is 1.00 bits per heavy atom. The molecule has 26 heavy (non-hydrogen) atoms. The maximum Gasteiger partial charge on any atom is 0.246 e. The number of amides is 3. The molecule has 0 aliphatic rings. The first-order valence-electron chi connectivity index (χ1n) is 9.03. The lowest BCUT2D eigenvalue weighted by molar-refractivity contribution is -0.129. The van der Waals surface area contributed by atoms with Crippen molar-refractivity contribution in [3.05, 3.63) is 24.8 Å². The van der Waals surface area contributed by atoms with E-state index in [2.05, 4.69) is 22.5 Å². The first-order chi connectivity index (χ1) is 12.1. The molecule has 0 saturated heterocycles. The van der Waals surface area contributed by atoms with Crippen molar-refractivity contribution in [2.45, 2.75) is 59.2 Å². The number of hydrogen-bond acceptors (Lipinski definition) is 4. The van der Waals surface area contributed by atoms with Crippen LogP contribution < -0.4 is 21.7 Å². The molecule has 0 saturated carbocycles. The van der Waals surface area contributed by atoms with E-state index in [4.69, 9.17) is 5.73 Å². The summed E-state index contributed by atoms with van der Waals surface area (Å²) < 4.78 is 0. The van der Waals surface area contributed by atoms with Crippen molar-refractivity contribution in [3.63, 3.8) is 0 Å². The standard InChI is InChI=1S/C19H34N4O3/c1-7-16(24)21-11-9-8-10-15(18(25)22-14(6)12(2)3)23-19(26)17(20)13(4)5/h7-8,10,12-15,17H,1,9,11,20H2,2-6H3,(H,21,24)(H,22,25)(H,23,26). The Morgan fingerprint density at radius 2 is 1.62 bits per heavy atom. The van der Waals surface area contributed by atoms with Gasteiger partial charge in [-0.05, 0) is 31.3 Å². The van der Waals surface area contributed by atoms with Gasteiger partial charge < -0.3 is 21.7 Å². The third-order valence-electron chi connectivity index (χ3n) is 4.10. The zero-order valence-electron chi connectivity index (χ0n) is 16.5. The van der Waals surface area contributed by atoms with Crippen LogP contribution in [0.4, 0.5) is 0 Å². The van der Waals surface area contributed by atoms with E-state index in [1.165, 1.54) is 6.08 Å². The van der Waals surface area contributed by atoms with Crippen molar-refractivity contribution in [1.82, 2.24) is 16.0 Å². The van der Waals surface area contributed by atoms with Crippen LogP contribution in [0.15, 0.2) is 24.8 Å². The lowest BCUT2D eigenvalue weighted by Crippen LogP contribution is -2.53. The van der Waals surface area contributed by atoms with Gasteiger partial charge in [-0.15, -0.1) is 0 Å². The summed E-state index contributed by atoms with van der Waals surface area (Å²) in [5.41, 5.74) is 5.86. The van der Waals surface area contributed by atoms with Gasteiger partial charge in [-0.3, -0.25) is 14.4 Å². The second kappa shape index (κ2) is 12.2. The normalized spacial score (nSPS) is 14.8. The lowest BCUT2D eigenvalue weighted by atomic mass is 10.0. The summed E-state index contributed by atoms with van der Waals surface area (Å²) in [7, 11) is 0. The summed E-state index contributed by atoms with van der Waals surface area (Å²) in [6.45, 7) is 13.4. The molecule has 0 aliphatic heterocycles. The quantitative estimate of drug-likeness (QED) is 0.247. The van der Waals surface area contributed by atoms with E-state index in [9.17, 15) is 14.4 Å². The SMILES string of the molecule is C=CC(=O)NCCC=CC(NC(=O)C(N)C(C)C)C(=O)NC(C)C(C)C. The summed E-state index contributed by atoms with van der Waals surface area (Å²) in [5, 5.41) is 8.22. The molecule has 3 unspecified atom stereocenters. The van der Waals surface area contributed by atoms with E-state index in [-0.39, 0.29) is 35.6 Å². The fourth-order valence-corrected chi connectivity index (χ4v) is 1.82. The van der Waals surface area contributed by atoms with Gasteiger partial charge in [0, 0.05) is 12.6 Å². The minimum atomic E-state index is -0.816. The topological polar surface area (TPSA) is 113 Å². The predicted molar refractivity (Wildman–Crippen MR) is 104 cm³/mol. The van der Waals surface area contributed by atoms with Crippen molar-refractivity contribution < 1.29 is 14.4 Å². The van der Waals surface area contributed by atoms with E-state index in [1.807, 2.05) is 34.6 Å². The monoisotopic (exact) mass is 366 g/mol. The second-order valence-corrected chi connectivity index (χ2v) is 7.01. The molecule has 3 amide bonds. The first kappa shape index (κ1) is 23.9. The molecule has 7 nitrogen and oxygen atoms in total. The average molecular weight is 367 g/mol. The van der Waals surface area contributed by atoms with Crippen LogP contribution in [0.2, 0.25) is 0 Å². The lowest BCUT2D eigenvalue weighted by Gasteiger charge is -2.23. The van der Waals surface area contributed by atoms with Gasteiger partial charge in [0.25, 0.3) is 0 Å². The van der Waals surface area contributed by atoms with Crippen molar-refractivity contribution >= 4 is 17.7 Å². The van der Waals surface area contributed by atoms with E-state index in [0.717, 1.165) is 0 Å². The van der Waals surface area contributed by atoms with Crippen molar-refractivity contribution in [2.75, 3.05) is 6.54 Å². The van der Waals surface area contributed by atoms with Crippen LogP contribution in [-0.4, -0.2) is 42.4 Å². The van der Waals surface area contributed by atoms with E-state index < -0.39 is 12.1 Å². The summed E-state index contributed by atoms with van der Waals surface area (Å²) >= 11 is 0. The molecule has 0 aliphatic carbocycles. The van der Waals surface area contributed by atoms with Crippen molar-refractivity contribution in [3.8, 4) is 0 Å². The number of nitrogens with two attached hydrogens (primary N) is 1. The number of hydrogen-bond donors (Lipinski definition) is 4. The average Bonchev–Trinajstić information content (AvgIpc) is 2.58. The Bertz CT molecular complexity index is 515. The Kier molecular flexibility index (Phi) is 11.2. The minimum Gasteiger partial charge on any atom is -0.352 e. The third kappa shape index (κ3) is 9.36. The Balaban J connectivity index is 4.92. The largest absolute Gasteiger partial charge is 0.352 e. The zero-order chi connectivity index (χ0) is 20.3. The molecule has 148 valence electrons. The van der Waals surface area contributed by atoms with E-state index in [1.54, 1.807) is 12.2 Å². The van der Waals surface area contributed by atoms with Crippen LogP contribution in [0.5, 0.6) is 0 Å². The minimum absolute atomic E-state index is 0.0269. The maximum atomic E-state index is 12.5. The van der Waals surface area contributed by atoms with Gasteiger partial charge in [0.1, 0.15) is 6.04 Å². The third-order valence-corrected chi connectivity index (χ3v) is 4.10. The van der Waals surface area contributed by atoms with Crippen molar-refractivity contribution in [2.24, 2.45) is 17.6 Å². The molecule has 0 spiro atoms. The van der Waals surface area contributed by atoms with Crippen LogP contribution in [0.25, 0.3) is 0 Å². The first-order valence-corrected chi connectivity index (χ1v) is 9.03. The number of carbonyl (C=O) groups is 3. The van der Waals surface area contributed by atoms with E-state index in [0.29, 0.717) is 13.0 Å². The fraction of sp³-hybridized carbons (Fsp3) is 0.632. The zero-order valence-corrected chi connectivity index (χ0v) is 16.5. The maximum absolute atomic E-state index is 12.5. The fourth-order valence-electron chi connectivity index (χ4n) is 1.82. The molecule has 0 aromatic carbocycles. The summed E-state index contributed by atoms with van der Waals surface area (Å²) in [6.07, 6.45) is 5.08. The second-order valence-electron chi connectivity index (χ2n) is 7.01. The summed E-state index contributed by atoms with van der Waals surface area (Å²) in [6, 6.07) is -1.53. The van der Waals surface area contributed by atoms with Gasteiger partial charge in [0.2, 0.25) is 17.7 Å². The molecule has 0 radical (unpaired) electrons. The Labute approximate surface area is 156 Å². The Morgan fingerprint density at radius 3 is 2.12 bits per heavy atom. The van der Waals surface area contributed by atoms with Crippen LogP contribution in [0.1, 0.15) is 41.0 Å². The molecule has 0 heterocycles. The molecule has 7 heteroatoms. The van der Waals surface area contributed by atoms with Gasteiger partial charge in [-0.2, -0.15) is 0 Å². The molecule has 0 aromatic rings. The molecule has 0 rings (SSSR count). The smallest absolute Gasteiger partial charge is 0.246 e. The summed E-state index contributed by atoms with van der Waals surface area (Å²) in [4.78, 5) is 35.8. The van der Waals surface area contributed by atoms with Crippen LogP contribution in [0.3, 0.4) is 0 Å². The van der Waals surface area contributed by atoms with E-state index >= 15 is 0 Å². The summed E-state index contributed by atoms with van der Waals surface area (Å²) in [5.74, 6) is -0.684. The Hall–Kier alpha value is -2.15. The van der Waals surface area contributed by atoms with Crippen molar-refractivity contribution in [1.29, 1.82) is 0 Å². The highest BCUT2D eigenvalue weighted by atomic mass is 16.2. The van der Waals surface area contributed by atoms with Crippen LogP contribution in [0, 0.1) is 11.8 Å². The van der Waals surface area contributed by atoms with Gasteiger partial charge in [-0.1, -0.05) is 46.4 Å². The molecular weight excluding hydrogens is 332 g/mol. The molecular formula is C19H34N4O3. The molecule has 5 N–H and O–H groups in total. The van der Waals surface area contributed by atoms with Gasteiger partial charge in [0.15, 0.2) is 0 Å². The predicted octanol–water partition coefficient (Wildman–Crippen LogP) is 0.864. The highest BCUT2D eigenvalue weighted by molar-refractivity contribution is 5.91. The van der Waals surface area contributed by atoms with Gasteiger partial charge in [0.05, 0.1) is 6.04 Å². The number of nitrogens with one attached hydrogen (secondary N) is 3. The van der Waals surface area contributed by atoms with Crippen LogP contribution in [-0.2, 0) is 14.4 Å². The molecule has 0 aromatic heterocycles. The number of rotatable bonds is 11. The van der Waals surface area contributed by atoms with Gasteiger partial charge >= 0.3 is 0 Å². The molecule has 0 bridgehead atoms. The number of carbonyl (C=O) groups excluding carboxylic acids is 3.